The van der Waals surface area contributed by atoms with Crippen LogP contribution in [0.5, 0.6) is 5.75 Å². The van der Waals surface area contributed by atoms with E-state index in [0.717, 1.165) is 18.5 Å². The van der Waals surface area contributed by atoms with E-state index < -0.39 is 61.2 Å². The standard InChI is InChI=1S/C31H40F3N5O9S2/c1-29(2,3)48-28(41)39(17-21(40)19-46-22-6-5-7-23(12-22)49(42,43)35-4)20-14-30(47-18-20)8-10-38(11-9-30)50(44,45)24-13-25-26(31(32,33)34)16-37-27(25)36-15-24/h5-7,12-13,15-16,20-21,35,40H,8-11,14,17-19H2,1-4H3,(H,36,37)/t20-,21+/m1/s1. The number of aliphatic hydroxyl groups excluding tert-OH is 1. The van der Waals surface area contributed by atoms with Crippen LogP contribution in [0.1, 0.15) is 45.6 Å². The molecule has 3 aromatic rings. The van der Waals surface area contributed by atoms with Crippen LogP contribution in [0.4, 0.5) is 18.0 Å². The molecular weight excluding hydrogens is 707 g/mol. The average molecular weight is 748 g/mol. The number of sulfonamides is 2. The van der Waals surface area contributed by atoms with Gasteiger partial charge in [-0.3, -0.25) is 0 Å². The van der Waals surface area contributed by atoms with Gasteiger partial charge in [0.15, 0.2) is 0 Å². The molecule has 276 valence electrons. The van der Waals surface area contributed by atoms with Crippen LogP contribution >= 0.6 is 0 Å². The van der Waals surface area contributed by atoms with Crippen molar-refractivity contribution < 1.29 is 54.1 Å². The van der Waals surface area contributed by atoms with Gasteiger partial charge >= 0.3 is 12.3 Å². The van der Waals surface area contributed by atoms with Crippen molar-refractivity contribution in [1.29, 1.82) is 0 Å². The first-order chi connectivity index (χ1) is 23.2. The number of aromatic nitrogens is 2. The van der Waals surface area contributed by atoms with E-state index in [1.807, 2.05) is 0 Å². The minimum Gasteiger partial charge on any atom is -0.491 e. The molecule has 1 aromatic carbocycles. The lowest BCUT2D eigenvalue weighted by molar-refractivity contribution is -0.136. The summed E-state index contributed by atoms with van der Waals surface area (Å²) < 4.78 is 113. The van der Waals surface area contributed by atoms with Crippen molar-refractivity contribution in [2.45, 2.75) is 79.3 Å². The zero-order valence-electron chi connectivity index (χ0n) is 27.9. The number of H-pyrrole nitrogens is 1. The second-order valence-electron chi connectivity index (χ2n) is 13.3. The first-order valence-corrected chi connectivity index (χ1v) is 18.7. The number of carbonyl (C=O) groups excluding carboxylic acids is 1. The Morgan fingerprint density at radius 3 is 2.52 bits per heavy atom. The highest BCUT2D eigenvalue weighted by Crippen LogP contribution is 2.40. The van der Waals surface area contributed by atoms with E-state index in [1.165, 1.54) is 40.5 Å². The molecule has 2 aliphatic rings. The summed E-state index contributed by atoms with van der Waals surface area (Å²) in [6.07, 6.45) is -4.03. The Hall–Kier alpha value is -3.49. The predicted octanol–water partition coefficient (Wildman–Crippen LogP) is 3.48. The number of rotatable bonds is 10. The molecule has 3 N–H and O–H groups in total. The molecule has 50 heavy (non-hydrogen) atoms. The van der Waals surface area contributed by atoms with Gasteiger partial charge in [-0.1, -0.05) is 6.07 Å². The molecule has 2 atom stereocenters. The number of pyridine rings is 1. The third-order valence-electron chi connectivity index (χ3n) is 8.58. The number of alkyl halides is 3. The van der Waals surface area contributed by atoms with E-state index in [9.17, 15) is 39.9 Å². The molecule has 0 radical (unpaired) electrons. The number of amides is 1. The van der Waals surface area contributed by atoms with Crippen LogP contribution in [-0.2, 0) is 35.7 Å². The van der Waals surface area contributed by atoms with Gasteiger partial charge in [0.2, 0.25) is 20.0 Å². The molecule has 1 amide bonds. The van der Waals surface area contributed by atoms with Crippen molar-refractivity contribution in [2.24, 2.45) is 0 Å². The van der Waals surface area contributed by atoms with Crippen molar-refractivity contribution in [1.82, 2.24) is 23.9 Å². The highest BCUT2D eigenvalue weighted by molar-refractivity contribution is 7.89. The zero-order valence-corrected chi connectivity index (χ0v) is 29.5. The minimum absolute atomic E-state index is 0.0115. The molecule has 4 heterocycles. The van der Waals surface area contributed by atoms with Gasteiger partial charge in [0.1, 0.15) is 34.6 Å². The van der Waals surface area contributed by atoms with Crippen LogP contribution in [0.25, 0.3) is 11.0 Å². The van der Waals surface area contributed by atoms with Gasteiger partial charge in [-0.2, -0.15) is 17.5 Å². The van der Waals surface area contributed by atoms with Gasteiger partial charge in [-0.05, 0) is 65.3 Å². The summed E-state index contributed by atoms with van der Waals surface area (Å²) in [6, 6.07) is 6.14. The normalized spacial score (nSPS) is 19.5. The van der Waals surface area contributed by atoms with Crippen LogP contribution in [0.3, 0.4) is 0 Å². The van der Waals surface area contributed by atoms with Gasteiger partial charge < -0.3 is 29.2 Å². The molecular formula is C31H40F3N5O9S2. The van der Waals surface area contributed by atoms with Crippen LogP contribution < -0.4 is 9.46 Å². The summed E-state index contributed by atoms with van der Waals surface area (Å²) >= 11 is 0. The van der Waals surface area contributed by atoms with Crippen LogP contribution in [-0.4, -0.2) is 110 Å². The number of benzene rings is 1. The van der Waals surface area contributed by atoms with Crippen molar-refractivity contribution in [3.05, 3.63) is 48.3 Å². The van der Waals surface area contributed by atoms with Crippen LogP contribution in [0, 0.1) is 0 Å². The third-order valence-corrected chi connectivity index (χ3v) is 11.9. The lowest BCUT2D eigenvalue weighted by Gasteiger charge is -2.38. The second-order valence-corrected chi connectivity index (χ2v) is 17.1. The van der Waals surface area contributed by atoms with Crippen molar-refractivity contribution >= 4 is 37.2 Å². The predicted molar refractivity (Wildman–Crippen MR) is 173 cm³/mol. The topological polar surface area (TPSA) is 180 Å². The van der Waals surface area contributed by atoms with E-state index in [4.69, 9.17) is 14.2 Å². The summed E-state index contributed by atoms with van der Waals surface area (Å²) in [7, 11) is -6.64. The molecule has 19 heteroatoms. The molecule has 0 aliphatic carbocycles. The Bertz CT molecular complexity index is 1920. The molecule has 2 aliphatic heterocycles. The summed E-state index contributed by atoms with van der Waals surface area (Å²) in [5.41, 5.74) is -2.75. The summed E-state index contributed by atoms with van der Waals surface area (Å²) in [5, 5.41) is 10.6. The second kappa shape index (κ2) is 13.9. The number of fused-ring (bicyclic) bond motifs is 1. The summed E-state index contributed by atoms with van der Waals surface area (Å²) in [5.74, 6) is 0.193. The Morgan fingerprint density at radius 2 is 1.88 bits per heavy atom. The Kier molecular flexibility index (Phi) is 10.5. The fourth-order valence-electron chi connectivity index (χ4n) is 6.03. The largest absolute Gasteiger partial charge is 0.491 e. The summed E-state index contributed by atoms with van der Waals surface area (Å²) in [6.45, 7) is 4.72. The minimum atomic E-state index is -4.70. The quantitative estimate of drug-likeness (QED) is 0.278. The van der Waals surface area contributed by atoms with Gasteiger partial charge in [0, 0.05) is 36.9 Å². The number of nitrogens with zero attached hydrogens (tertiary/aromatic N) is 3. The van der Waals surface area contributed by atoms with Crippen LogP contribution in [0.2, 0.25) is 0 Å². The fraction of sp³-hybridized carbons (Fsp3) is 0.548. The maximum absolute atomic E-state index is 13.5. The van der Waals surface area contributed by atoms with Crippen molar-refractivity contribution in [3.63, 3.8) is 0 Å². The fourth-order valence-corrected chi connectivity index (χ4v) is 8.21. The molecule has 0 bridgehead atoms. The lowest BCUT2D eigenvalue weighted by atomic mass is 9.88. The molecule has 0 unspecified atom stereocenters. The number of ether oxygens (including phenoxy) is 3. The van der Waals surface area contributed by atoms with Crippen LogP contribution in [0.15, 0.2) is 52.5 Å². The summed E-state index contributed by atoms with van der Waals surface area (Å²) in [4.78, 5) is 20.7. The number of hydrogen-bond acceptors (Lipinski definition) is 10. The molecule has 0 saturated carbocycles. The van der Waals surface area contributed by atoms with Crippen molar-refractivity contribution in [2.75, 3.05) is 39.9 Å². The molecule has 5 rings (SSSR count). The highest BCUT2D eigenvalue weighted by Gasteiger charge is 2.48. The maximum atomic E-state index is 13.5. The monoisotopic (exact) mass is 747 g/mol. The highest BCUT2D eigenvalue weighted by atomic mass is 32.2. The molecule has 2 fully saturated rings. The SMILES string of the molecule is CNS(=O)(=O)c1cccc(OC[C@@H](O)CN(C(=O)OC(C)(C)C)[C@H]2COC3(CCN(S(=O)(=O)c4cnc5[nH]cc(C(F)(F)F)c5c4)CC3)C2)c1. The van der Waals surface area contributed by atoms with Crippen molar-refractivity contribution in [3.8, 4) is 5.75 Å². The smallest absolute Gasteiger partial charge is 0.418 e. The zero-order chi connectivity index (χ0) is 36.7. The molecule has 2 saturated heterocycles. The van der Waals surface area contributed by atoms with Gasteiger partial charge in [-0.15, -0.1) is 0 Å². The Morgan fingerprint density at radius 1 is 1.18 bits per heavy atom. The number of hydrogen-bond donors (Lipinski definition) is 3. The van der Waals surface area contributed by atoms with Gasteiger partial charge in [-0.25, -0.2) is 31.3 Å². The number of nitrogens with one attached hydrogen (secondary N) is 2. The number of aliphatic hydroxyl groups is 1. The molecule has 14 nitrogen and oxygen atoms in total. The van der Waals surface area contributed by atoms with E-state index in [2.05, 4.69) is 14.7 Å². The average Bonchev–Trinajstić information content (AvgIpc) is 3.66. The third kappa shape index (κ3) is 8.34. The first-order valence-electron chi connectivity index (χ1n) is 15.8. The first kappa shape index (κ1) is 37.8. The molecule has 2 aromatic heterocycles. The van der Waals surface area contributed by atoms with E-state index in [0.29, 0.717) is 6.42 Å². The number of halogens is 3. The number of piperidine rings is 1. The Labute approximate surface area is 288 Å². The van der Waals surface area contributed by atoms with E-state index >= 15 is 0 Å². The molecule has 1 spiro atoms. The van der Waals surface area contributed by atoms with E-state index in [-0.39, 0.29) is 72.3 Å². The van der Waals surface area contributed by atoms with E-state index in [1.54, 1.807) is 20.8 Å². The number of aromatic amines is 1. The Balaban J connectivity index is 1.25. The van der Waals surface area contributed by atoms with Gasteiger partial charge in [0.25, 0.3) is 0 Å². The van der Waals surface area contributed by atoms with Gasteiger partial charge in [0.05, 0.1) is 35.3 Å². The maximum Gasteiger partial charge on any atom is 0.418 e. The lowest BCUT2D eigenvalue weighted by Crippen LogP contribution is -2.50. The number of carbonyl (C=O) groups is 1.